The van der Waals surface area contributed by atoms with Crippen LogP contribution in [0, 0.1) is 6.92 Å². The van der Waals surface area contributed by atoms with E-state index in [1.54, 1.807) is 0 Å². The van der Waals surface area contributed by atoms with Crippen LogP contribution in [0.15, 0.2) is 22.6 Å². The van der Waals surface area contributed by atoms with E-state index in [0.717, 1.165) is 17.0 Å². The monoisotopic (exact) mass is 218 g/mol. The molecule has 0 aliphatic carbocycles. The molecule has 0 saturated carbocycles. The van der Waals surface area contributed by atoms with Gasteiger partial charge >= 0.3 is 0 Å². The molecule has 0 amide bonds. The second-order valence-corrected chi connectivity index (χ2v) is 5.18. The molecule has 0 atom stereocenters. The van der Waals surface area contributed by atoms with Gasteiger partial charge in [0.05, 0.1) is 6.54 Å². The number of aryl methyl sites for hydroxylation is 1. The summed E-state index contributed by atoms with van der Waals surface area (Å²) in [6, 6.07) is 6.06. The van der Waals surface area contributed by atoms with Crippen LogP contribution in [-0.4, -0.2) is 10.5 Å². The third kappa shape index (κ3) is 2.61. The van der Waals surface area contributed by atoms with Crippen LogP contribution in [-0.2, 0) is 6.54 Å². The number of aromatic nitrogens is 1. The van der Waals surface area contributed by atoms with Crippen molar-refractivity contribution < 1.29 is 4.42 Å². The van der Waals surface area contributed by atoms with Crippen molar-refractivity contribution in [2.24, 2.45) is 0 Å². The summed E-state index contributed by atoms with van der Waals surface area (Å²) >= 11 is 0. The largest absolute Gasteiger partial charge is 0.439 e. The van der Waals surface area contributed by atoms with Crippen LogP contribution >= 0.6 is 0 Å². The second-order valence-electron chi connectivity index (χ2n) is 5.18. The van der Waals surface area contributed by atoms with Crippen LogP contribution in [0.4, 0.5) is 0 Å². The SMILES string of the molecule is Cc1ccc2nc(CNC(C)(C)C)oc2c1. The molecule has 3 heteroatoms. The van der Waals surface area contributed by atoms with Gasteiger partial charge in [-0.25, -0.2) is 4.98 Å². The third-order valence-electron chi connectivity index (χ3n) is 2.36. The molecule has 16 heavy (non-hydrogen) atoms. The van der Waals surface area contributed by atoms with Crippen molar-refractivity contribution in [1.82, 2.24) is 10.3 Å². The summed E-state index contributed by atoms with van der Waals surface area (Å²) < 4.78 is 5.67. The minimum absolute atomic E-state index is 0.0799. The van der Waals surface area contributed by atoms with E-state index in [-0.39, 0.29) is 5.54 Å². The zero-order chi connectivity index (χ0) is 11.8. The van der Waals surface area contributed by atoms with E-state index in [1.807, 2.05) is 18.2 Å². The van der Waals surface area contributed by atoms with E-state index in [9.17, 15) is 0 Å². The quantitative estimate of drug-likeness (QED) is 0.842. The van der Waals surface area contributed by atoms with Gasteiger partial charge in [-0.3, -0.25) is 0 Å². The number of hydrogen-bond acceptors (Lipinski definition) is 3. The molecule has 0 aliphatic rings. The topological polar surface area (TPSA) is 38.1 Å². The summed E-state index contributed by atoms with van der Waals surface area (Å²) in [6.45, 7) is 9.09. The van der Waals surface area contributed by atoms with Crippen LogP contribution < -0.4 is 5.32 Å². The maximum absolute atomic E-state index is 5.67. The Hall–Kier alpha value is -1.35. The Balaban J connectivity index is 2.20. The summed E-state index contributed by atoms with van der Waals surface area (Å²) in [6.07, 6.45) is 0. The number of nitrogens with one attached hydrogen (secondary N) is 1. The van der Waals surface area contributed by atoms with Gasteiger partial charge in [0.2, 0.25) is 5.89 Å². The molecular weight excluding hydrogens is 200 g/mol. The average Bonchev–Trinajstić information content (AvgIpc) is 2.55. The van der Waals surface area contributed by atoms with Gasteiger partial charge in [0.1, 0.15) is 5.52 Å². The fraction of sp³-hybridized carbons (Fsp3) is 0.462. The zero-order valence-electron chi connectivity index (χ0n) is 10.3. The number of fused-ring (bicyclic) bond motifs is 1. The molecule has 1 heterocycles. The molecule has 1 aromatic heterocycles. The third-order valence-corrected chi connectivity index (χ3v) is 2.36. The molecule has 0 radical (unpaired) electrons. The van der Waals surface area contributed by atoms with Crippen molar-refractivity contribution in [3.05, 3.63) is 29.7 Å². The smallest absolute Gasteiger partial charge is 0.209 e. The van der Waals surface area contributed by atoms with Crippen LogP contribution in [0.2, 0.25) is 0 Å². The number of hydrogen-bond donors (Lipinski definition) is 1. The highest BCUT2D eigenvalue weighted by Gasteiger charge is 2.11. The highest BCUT2D eigenvalue weighted by molar-refractivity contribution is 5.73. The first-order valence-electron chi connectivity index (χ1n) is 5.55. The van der Waals surface area contributed by atoms with Crippen LogP contribution in [0.25, 0.3) is 11.1 Å². The molecule has 2 aromatic rings. The van der Waals surface area contributed by atoms with E-state index in [2.05, 4.69) is 38.0 Å². The van der Waals surface area contributed by atoms with E-state index in [4.69, 9.17) is 4.42 Å². The Morgan fingerprint density at radius 1 is 1.31 bits per heavy atom. The average molecular weight is 218 g/mol. The van der Waals surface area contributed by atoms with Gasteiger partial charge in [-0.05, 0) is 45.4 Å². The number of rotatable bonds is 2. The first-order chi connectivity index (χ1) is 7.44. The molecular formula is C13H18N2O. The van der Waals surface area contributed by atoms with Gasteiger partial charge < -0.3 is 9.73 Å². The van der Waals surface area contributed by atoms with Gasteiger partial charge in [-0.1, -0.05) is 6.07 Å². The lowest BCUT2D eigenvalue weighted by atomic mass is 10.1. The van der Waals surface area contributed by atoms with Crippen molar-refractivity contribution in [2.75, 3.05) is 0 Å². The zero-order valence-corrected chi connectivity index (χ0v) is 10.3. The Labute approximate surface area is 95.9 Å². The second kappa shape index (κ2) is 3.91. The first-order valence-corrected chi connectivity index (χ1v) is 5.55. The van der Waals surface area contributed by atoms with Crippen molar-refractivity contribution in [2.45, 2.75) is 39.8 Å². The fourth-order valence-corrected chi connectivity index (χ4v) is 1.50. The van der Waals surface area contributed by atoms with Gasteiger partial charge in [0.15, 0.2) is 5.58 Å². The summed E-state index contributed by atoms with van der Waals surface area (Å²) in [7, 11) is 0. The lowest BCUT2D eigenvalue weighted by molar-refractivity contribution is 0.388. The number of oxazole rings is 1. The number of benzene rings is 1. The summed E-state index contributed by atoms with van der Waals surface area (Å²) in [5.74, 6) is 0.746. The van der Waals surface area contributed by atoms with E-state index in [1.165, 1.54) is 5.56 Å². The molecule has 86 valence electrons. The standard InChI is InChI=1S/C13H18N2O/c1-9-5-6-10-11(7-9)16-12(15-10)8-14-13(2,3)4/h5-7,14H,8H2,1-4H3. The molecule has 1 aromatic carbocycles. The normalized spacial score (nSPS) is 12.2. The highest BCUT2D eigenvalue weighted by Crippen LogP contribution is 2.17. The molecule has 1 N–H and O–H groups in total. The van der Waals surface area contributed by atoms with E-state index < -0.39 is 0 Å². The Kier molecular flexibility index (Phi) is 2.72. The lowest BCUT2D eigenvalue weighted by Gasteiger charge is -2.18. The van der Waals surface area contributed by atoms with Crippen LogP contribution in [0.3, 0.4) is 0 Å². The van der Waals surface area contributed by atoms with Crippen LogP contribution in [0.5, 0.6) is 0 Å². The van der Waals surface area contributed by atoms with E-state index >= 15 is 0 Å². The summed E-state index contributed by atoms with van der Waals surface area (Å²) in [5, 5.41) is 3.36. The van der Waals surface area contributed by atoms with Crippen molar-refractivity contribution >= 4 is 11.1 Å². The number of nitrogens with zero attached hydrogens (tertiary/aromatic N) is 1. The lowest BCUT2D eigenvalue weighted by Crippen LogP contribution is -2.35. The summed E-state index contributed by atoms with van der Waals surface area (Å²) in [4.78, 5) is 4.43. The van der Waals surface area contributed by atoms with Gasteiger partial charge in [0, 0.05) is 5.54 Å². The Morgan fingerprint density at radius 3 is 2.75 bits per heavy atom. The molecule has 3 nitrogen and oxygen atoms in total. The van der Waals surface area contributed by atoms with Crippen molar-refractivity contribution in [3.8, 4) is 0 Å². The molecule has 0 unspecified atom stereocenters. The van der Waals surface area contributed by atoms with Crippen molar-refractivity contribution in [1.29, 1.82) is 0 Å². The van der Waals surface area contributed by atoms with Crippen LogP contribution in [0.1, 0.15) is 32.2 Å². The molecule has 0 saturated heterocycles. The van der Waals surface area contributed by atoms with Crippen molar-refractivity contribution in [3.63, 3.8) is 0 Å². The van der Waals surface area contributed by atoms with Gasteiger partial charge in [-0.15, -0.1) is 0 Å². The van der Waals surface area contributed by atoms with Gasteiger partial charge in [-0.2, -0.15) is 0 Å². The predicted molar refractivity (Wildman–Crippen MR) is 65.3 cm³/mol. The maximum Gasteiger partial charge on any atom is 0.209 e. The van der Waals surface area contributed by atoms with Gasteiger partial charge in [0.25, 0.3) is 0 Å². The molecule has 0 fully saturated rings. The van der Waals surface area contributed by atoms with E-state index in [0.29, 0.717) is 6.54 Å². The minimum Gasteiger partial charge on any atom is -0.439 e. The minimum atomic E-state index is 0.0799. The predicted octanol–water partition coefficient (Wildman–Crippen LogP) is 3.02. The summed E-state index contributed by atoms with van der Waals surface area (Å²) in [5.41, 5.74) is 3.07. The maximum atomic E-state index is 5.67. The Bertz CT molecular complexity index is 494. The fourth-order valence-electron chi connectivity index (χ4n) is 1.50. The highest BCUT2D eigenvalue weighted by atomic mass is 16.3. The molecule has 0 bridgehead atoms. The molecule has 2 rings (SSSR count). The Morgan fingerprint density at radius 2 is 2.06 bits per heavy atom. The molecule has 0 spiro atoms. The molecule has 0 aliphatic heterocycles. The first kappa shape index (κ1) is 11.1.